The Bertz CT molecular complexity index is 843. The predicted molar refractivity (Wildman–Crippen MR) is 115 cm³/mol. The second kappa shape index (κ2) is 10.9. The third-order valence-electron chi connectivity index (χ3n) is 4.91. The molecule has 2 aromatic rings. The topological polar surface area (TPSA) is 99.3 Å². The third kappa shape index (κ3) is 6.96. The molecule has 1 aliphatic rings. The summed E-state index contributed by atoms with van der Waals surface area (Å²) in [6, 6.07) is 9.30. The number of rotatable bonds is 9. The number of benzene rings is 1. The minimum atomic E-state index is -0.221. The van der Waals surface area contributed by atoms with Gasteiger partial charge in [0.1, 0.15) is 5.69 Å². The van der Waals surface area contributed by atoms with Crippen LogP contribution < -0.4 is 10.6 Å². The lowest BCUT2D eigenvalue weighted by molar-refractivity contribution is -0.116. The minimum absolute atomic E-state index is 0.0168. The van der Waals surface area contributed by atoms with Crippen LogP contribution in [0.3, 0.4) is 0 Å². The van der Waals surface area contributed by atoms with Crippen molar-refractivity contribution in [1.29, 1.82) is 0 Å². The number of carbonyl (C=O) groups excluding carboxylic acids is 2. The van der Waals surface area contributed by atoms with Crippen LogP contribution >= 0.6 is 0 Å². The molecule has 162 valence electrons. The molecule has 0 atom stereocenters. The Morgan fingerprint density at radius 1 is 1.23 bits per heavy atom. The summed E-state index contributed by atoms with van der Waals surface area (Å²) in [6.07, 6.45) is 1.30. The van der Waals surface area contributed by atoms with Crippen molar-refractivity contribution in [1.82, 2.24) is 20.4 Å². The number of aromatic nitrogens is 2. The van der Waals surface area contributed by atoms with Gasteiger partial charge in [0.05, 0.1) is 13.2 Å². The van der Waals surface area contributed by atoms with E-state index < -0.39 is 0 Å². The Morgan fingerprint density at radius 3 is 2.80 bits per heavy atom. The summed E-state index contributed by atoms with van der Waals surface area (Å²) in [5, 5.41) is 12.8. The van der Waals surface area contributed by atoms with E-state index >= 15 is 0 Å². The standard InChI is InChI=1S/C22H31N5O3/c1-16(2)12-19-14-20(26-25-19)22(29)23-15-17-4-3-5-18(13-17)24-21(28)6-7-27-8-10-30-11-9-27/h3-5,13-14,16H,6-12,15H2,1-2H3,(H,23,29)(H,24,28)(H,25,26). The number of H-pyrrole nitrogens is 1. The molecule has 3 rings (SSSR count). The van der Waals surface area contributed by atoms with Gasteiger partial charge in [0, 0.05) is 44.0 Å². The van der Waals surface area contributed by atoms with Gasteiger partial charge in [0.2, 0.25) is 5.91 Å². The first-order valence-electron chi connectivity index (χ1n) is 10.5. The van der Waals surface area contributed by atoms with E-state index in [1.807, 2.05) is 24.3 Å². The molecule has 1 saturated heterocycles. The number of morpholine rings is 1. The van der Waals surface area contributed by atoms with Gasteiger partial charge in [-0.2, -0.15) is 5.10 Å². The summed E-state index contributed by atoms with van der Waals surface area (Å²) in [5.41, 5.74) is 2.98. The summed E-state index contributed by atoms with van der Waals surface area (Å²) in [5.74, 6) is 0.256. The summed E-state index contributed by atoms with van der Waals surface area (Å²) >= 11 is 0. The van der Waals surface area contributed by atoms with Gasteiger partial charge in [-0.3, -0.25) is 19.6 Å². The van der Waals surface area contributed by atoms with E-state index in [-0.39, 0.29) is 11.8 Å². The molecule has 0 unspecified atom stereocenters. The van der Waals surface area contributed by atoms with Gasteiger partial charge in [-0.05, 0) is 36.1 Å². The molecular weight excluding hydrogens is 382 g/mol. The Balaban J connectivity index is 1.45. The molecule has 0 aliphatic carbocycles. The summed E-state index contributed by atoms with van der Waals surface area (Å²) in [7, 11) is 0. The van der Waals surface area contributed by atoms with Crippen LogP contribution in [0.15, 0.2) is 30.3 Å². The van der Waals surface area contributed by atoms with Crippen molar-refractivity contribution < 1.29 is 14.3 Å². The van der Waals surface area contributed by atoms with Crippen LogP contribution in [0.2, 0.25) is 0 Å². The molecule has 1 aliphatic heterocycles. The summed E-state index contributed by atoms with van der Waals surface area (Å²) < 4.78 is 5.32. The SMILES string of the molecule is CC(C)Cc1cc(C(=O)NCc2cccc(NC(=O)CCN3CCOCC3)c2)n[nH]1. The molecule has 0 saturated carbocycles. The molecule has 2 heterocycles. The van der Waals surface area contributed by atoms with Gasteiger partial charge in [-0.25, -0.2) is 0 Å². The molecule has 1 aromatic carbocycles. The largest absolute Gasteiger partial charge is 0.379 e. The molecule has 3 N–H and O–H groups in total. The zero-order valence-corrected chi connectivity index (χ0v) is 17.7. The highest BCUT2D eigenvalue weighted by atomic mass is 16.5. The molecule has 8 heteroatoms. The number of ether oxygens (including phenoxy) is 1. The van der Waals surface area contributed by atoms with E-state index in [9.17, 15) is 9.59 Å². The van der Waals surface area contributed by atoms with Crippen molar-refractivity contribution in [2.45, 2.75) is 33.2 Å². The molecule has 1 fully saturated rings. The maximum Gasteiger partial charge on any atom is 0.272 e. The first-order valence-corrected chi connectivity index (χ1v) is 10.5. The number of nitrogens with one attached hydrogen (secondary N) is 3. The lowest BCUT2D eigenvalue weighted by atomic mass is 10.1. The second-order valence-corrected chi connectivity index (χ2v) is 8.01. The fraction of sp³-hybridized carbons (Fsp3) is 0.500. The van der Waals surface area contributed by atoms with Gasteiger partial charge in [0.25, 0.3) is 5.91 Å². The van der Waals surface area contributed by atoms with Gasteiger partial charge >= 0.3 is 0 Å². The molecule has 2 amide bonds. The minimum Gasteiger partial charge on any atom is -0.379 e. The molecule has 0 radical (unpaired) electrons. The van der Waals surface area contributed by atoms with Crippen LogP contribution in [0.1, 0.15) is 42.0 Å². The lowest BCUT2D eigenvalue weighted by Gasteiger charge is -2.26. The molecule has 0 bridgehead atoms. The number of hydrogen-bond acceptors (Lipinski definition) is 5. The van der Waals surface area contributed by atoms with Crippen molar-refractivity contribution >= 4 is 17.5 Å². The van der Waals surface area contributed by atoms with Crippen molar-refractivity contribution in [3.8, 4) is 0 Å². The monoisotopic (exact) mass is 413 g/mol. The first-order chi connectivity index (χ1) is 14.5. The molecule has 0 spiro atoms. The Morgan fingerprint density at radius 2 is 2.03 bits per heavy atom. The number of carbonyl (C=O) groups is 2. The number of hydrogen-bond donors (Lipinski definition) is 3. The summed E-state index contributed by atoms with van der Waals surface area (Å²) in [4.78, 5) is 26.8. The predicted octanol–water partition coefficient (Wildman–Crippen LogP) is 2.20. The maximum absolute atomic E-state index is 12.3. The summed E-state index contributed by atoms with van der Waals surface area (Å²) in [6.45, 7) is 8.54. The first kappa shape index (κ1) is 22.0. The fourth-order valence-electron chi connectivity index (χ4n) is 3.36. The van der Waals surface area contributed by atoms with E-state index in [2.05, 4.69) is 39.6 Å². The van der Waals surface area contributed by atoms with Crippen LogP contribution in [0.25, 0.3) is 0 Å². The van der Waals surface area contributed by atoms with Crippen molar-refractivity contribution in [2.75, 3.05) is 38.2 Å². The van der Waals surface area contributed by atoms with Gasteiger partial charge in [-0.15, -0.1) is 0 Å². The average molecular weight is 414 g/mol. The Hall–Kier alpha value is -2.71. The number of nitrogens with zero attached hydrogens (tertiary/aromatic N) is 2. The number of amides is 2. The quantitative estimate of drug-likeness (QED) is 0.585. The fourth-order valence-corrected chi connectivity index (χ4v) is 3.36. The molecule has 30 heavy (non-hydrogen) atoms. The zero-order chi connectivity index (χ0) is 21.3. The zero-order valence-electron chi connectivity index (χ0n) is 17.7. The van der Waals surface area contributed by atoms with Crippen molar-refractivity contribution in [3.05, 3.63) is 47.3 Å². The van der Waals surface area contributed by atoms with Crippen LogP contribution in [-0.2, 0) is 22.5 Å². The Kier molecular flexibility index (Phi) is 7.98. The van der Waals surface area contributed by atoms with Crippen molar-refractivity contribution in [2.24, 2.45) is 5.92 Å². The number of aromatic amines is 1. The highest BCUT2D eigenvalue weighted by molar-refractivity contribution is 5.92. The van der Waals surface area contributed by atoms with Crippen LogP contribution in [0.5, 0.6) is 0 Å². The van der Waals surface area contributed by atoms with E-state index in [4.69, 9.17) is 4.74 Å². The lowest BCUT2D eigenvalue weighted by Crippen LogP contribution is -2.38. The normalized spacial score (nSPS) is 14.6. The van der Waals surface area contributed by atoms with E-state index in [1.54, 1.807) is 6.07 Å². The van der Waals surface area contributed by atoms with Crippen molar-refractivity contribution in [3.63, 3.8) is 0 Å². The van der Waals surface area contributed by atoms with E-state index in [0.717, 1.165) is 56.2 Å². The van der Waals surface area contributed by atoms with Gasteiger partial charge < -0.3 is 15.4 Å². The second-order valence-electron chi connectivity index (χ2n) is 8.01. The Labute approximate surface area is 177 Å². The highest BCUT2D eigenvalue weighted by Gasteiger charge is 2.13. The molecule has 1 aromatic heterocycles. The molecular formula is C22H31N5O3. The van der Waals surface area contributed by atoms with E-state index in [0.29, 0.717) is 24.6 Å². The van der Waals surface area contributed by atoms with Crippen LogP contribution in [0, 0.1) is 5.92 Å². The molecule has 8 nitrogen and oxygen atoms in total. The maximum atomic E-state index is 12.3. The van der Waals surface area contributed by atoms with Crippen LogP contribution in [-0.4, -0.2) is 59.8 Å². The van der Waals surface area contributed by atoms with Gasteiger partial charge in [-0.1, -0.05) is 26.0 Å². The van der Waals surface area contributed by atoms with E-state index in [1.165, 1.54) is 0 Å². The third-order valence-corrected chi connectivity index (χ3v) is 4.91. The highest BCUT2D eigenvalue weighted by Crippen LogP contribution is 2.12. The average Bonchev–Trinajstić information content (AvgIpc) is 3.19. The van der Waals surface area contributed by atoms with Gasteiger partial charge in [0.15, 0.2) is 0 Å². The van der Waals surface area contributed by atoms with Crippen LogP contribution in [0.4, 0.5) is 5.69 Å². The smallest absolute Gasteiger partial charge is 0.272 e. The number of anilines is 1.